The summed E-state index contributed by atoms with van der Waals surface area (Å²) in [5.74, 6) is 0. The van der Waals surface area contributed by atoms with E-state index >= 15 is 0 Å². The van der Waals surface area contributed by atoms with Gasteiger partial charge in [0, 0.05) is 0 Å². The second-order valence-electron chi connectivity index (χ2n) is 7.05. The Bertz CT molecular complexity index is 365. The van der Waals surface area contributed by atoms with Crippen molar-refractivity contribution in [1.82, 2.24) is 0 Å². The van der Waals surface area contributed by atoms with Gasteiger partial charge in [-0.15, -0.1) is 15.6 Å². The molecule has 0 saturated heterocycles. The molecule has 0 heterocycles. The topological polar surface area (TPSA) is 0 Å². The summed E-state index contributed by atoms with van der Waals surface area (Å²) >= 11 is 0. The van der Waals surface area contributed by atoms with Gasteiger partial charge in [0.2, 0.25) is 6.15 Å². The lowest BCUT2D eigenvalue weighted by atomic mass is 9.92. The highest BCUT2D eigenvalue weighted by Gasteiger charge is 2.39. The van der Waals surface area contributed by atoms with E-state index in [2.05, 4.69) is 85.7 Å². The van der Waals surface area contributed by atoms with Crippen LogP contribution in [-0.4, -0.2) is 28.8 Å². The van der Waals surface area contributed by atoms with Crippen molar-refractivity contribution in [2.45, 2.75) is 78.0 Å². The molecule has 1 aromatic carbocycles. The summed E-state index contributed by atoms with van der Waals surface area (Å²) in [6, 6.07) is 11.4. The molecule has 0 amide bonds. The molecule has 3 heteroatoms. The third-order valence-electron chi connectivity index (χ3n) is 4.05. The van der Waals surface area contributed by atoms with Crippen LogP contribution in [0.3, 0.4) is 0 Å². The van der Waals surface area contributed by atoms with Crippen molar-refractivity contribution in [1.29, 1.82) is 0 Å². The van der Waals surface area contributed by atoms with Crippen LogP contribution >= 0.6 is 15.6 Å². The predicted octanol–water partition coefficient (Wildman–Crippen LogP) is 5.98. The van der Waals surface area contributed by atoms with Gasteiger partial charge in [0.15, 0.2) is 0 Å². The molecule has 0 N–H and O–H groups in total. The molecule has 118 valence electrons. The van der Waals surface area contributed by atoms with E-state index in [4.69, 9.17) is 0 Å². The lowest BCUT2D eigenvalue weighted by molar-refractivity contribution is 1.02. The predicted molar refractivity (Wildman–Crippen MR) is 106 cm³/mol. The zero-order valence-corrected chi connectivity index (χ0v) is 17.0. The molecule has 0 aliphatic carbocycles. The molecule has 0 spiro atoms. The third-order valence-corrected chi connectivity index (χ3v) is 12.1. The van der Waals surface area contributed by atoms with E-state index in [0.717, 1.165) is 28.8 Å². The minimum atomic E-state index is 0.00617. The highest BCUT2D eigenvalue weighted by Crippen LogP contribution is 2.63. The van der Waals surface area contributed by atoms with E-state index in [1.54, 1.807) is 5.46 Å². The molecule has 0 radical (unpaired) electrons. The van der Waals surface area contributed by atoms with Crippen molar-refractivity contribution in [2.75, 3.05) is 0 Å². The largest absolute Gasteiger partial charge is 0.234 e. The molecule has 0 aliphatic heterocycles. The van der Waals surface area contributed by atoms with E-state index in [1.807, 2.05) is 0 Å². The van der Waals surface area contributed by atoms with Crippen LogP contribution in [0, 0.1) is 0 Å². The molecule has 0 atom stereocenters. The first-order valence-corrected chi connectivity index (χ1v) is 11.5. The van der Waals surface area contributed by atoms with Crippen LogP contribution in [0.25, 0.3) is 0 Å². The smallest absolute Gasteiger partial charge is 0.124 e. The van der Waals surface area contributed by atoms with Crippen molar-refractivity contribution >= 4 is 27.2 Å². The molecule has 0 aliphatic rings. The molecular weight excluding hydrogens is 289 g/mol. The Kier molecular flexibility index (Phi) is 7.94. The summed E-state index contributed by atoms with van der Waals surface area (Å²) < 4.78 is 0. The summed E-state index contributed by atoms with van der Waals surface area (Å²) in [7, 11) is 0.0123. The maximum absolute atomic E-state index is 2.44. The van der Waals surface area contributed by atoms with Gasteiger partial charge in [0.25, 0.3) is 0 Å². The molecule has 21 heavy (non-hydrogen) atoms. The molecule has 1 aromatic rings. The van der Waals surface area contributed by atoms with Crippen molar-refractivity contribution in [3.05, 3.63) is 30.3 Å². The van der Waals surface area contributed by atoms with E-state index in [1.165, 1.54) is 0 Å². The Morgan fingerprint density at radius 3 is 1.24 bits per heavy atom. The average Bonchev–Trinajstić information content (AvgIpc) is 2.37. The van der Waals surface area contributed by atoms with Crippen LogP contribution in [0.15, 0.2) is 30.3 Å². The zero-order chi connectivity index (χ0) is 16.2. The van der Waals surface area contributed by atoms with Gasteiger partial charge in [0.05, 0.1) is 0 Å². The quantitative estimate of drug-likeness (QED) is 0.428. The summed E-state index contributed by atoms with van der Waals surface area (Å²) in [6.07, 6.45) is 0.788. The summed E-state index contributed by atoms with van der Waals surface area (Å²) in [4.78, 5) is 0. The van der Waals surface area contributed by atoms with Crippen LogP contribution in [0.4, 0.5) is 0 Å². The van der Waals surface area contributed by atoms with Gasteiger partial charge < -0.3 is 0 Å². The van der Waals surface area contributed by atoms with Crippen molar-refractivity contribution < 1.29 is 0 Å². The van der Waals surface area contributed by atoms with E-state index < -0.39 is 0 Å². The Balaban J connectivity index is 3.34. The standard InChI is InChI=1S/C18H33BP2/c1-14(2)20(15(3)4)19(18-12-10-9-11-13-18)21(16(5)6)17(7)8/h9-17H,1-8H3. The molecular formula is C18H33BP2. The minimum absolute atomic E-state index is 0.00617. The molecule has 0 fully saturated rings. The lowest BCUT2D eigenvalue weighted by Gasteiger charge is -2.41. The molecule has 0 saturated carbocycles. The monoisotopic (exact) mass is 322 g/mol. The van der Waals surface area contributed by atoms with Gasteiger partial charge in [-0.25, -0.2) is 0 Å². The fraction of sp³-hybridized carbons (Fsp3) is 0.667. The number of hydrogen-bond acceptors (Lipinski definition) is 0. The van der Waals surface area contributed by atoms with E-state index in [0.29, 0.717) is 0 Å². The first kappa shape index (κ1) is 19.2. The second-order valence-corrected chi connectivity index (χ2v) is 14.4. The Morgan fingerprint density at radius 1 is 0.619 bits per heavy atom. The number of benzene rings is 1. The molecule has 0 bridgehead atoms. The fourth-order valence-electron chi connectivity index (χ4n) is 3.45. The molecule has 0 nitrogen and oxygen atoms in total. The van der Waals surface area contributed by atoms with Crippen LogP contribution in [0.5, 0.6) is 0 Å². The maximum atomic E-state index is 2.44. The summed E-state index contributed by atoms with van der Waals surface area (Å²) in [6.45, 7) is 19.5. The molecule has 0 unspecified atom stereocenters. The first-order valence-electron chi connectivity index (χ1n) is 8.37. The highest BCUT2D eigenvalue weighted by atomic mass is 31.2. The SMILES string of the molecule is CC(C)P(B(c1ccccc1)P(C(C)C)C(C)C)C(C)C. The molecule has 1 rings (SSSR count). The number of rotatable bonds is 7. The van der Waals surface area contributed by atoms with E-state index in [-0.39, 0.29) is 15.6 Å². The normalized spacial score (nSPS) is 12.5. The van der Waals surface area contributed by atoms with Gasteiger partial charge in [-0.3, -0.25) is 0 Å². The van der Waals surface area contributed by atoms with Crippen molar-refractivity contribution in [2.24, 2.45) is 0 Å². The van der Waals surface area contributed by atoms with Crippen LogP contribution < -0.4 is 5.46 Å². The lowest BCUT2D eigenvalue weighted by Crippen LogP contribution is -2.36. The van der Waals surface area contributed by atoms with Crippen LogP contribution in [0.2, 0.25) is 0 Å². The Morgan fingerprint density at radius 2 is 0.952 bits per heavy atom. The van der Waals surface area contributed by atoms with Crippen LogP contribution in [-0.2, 0) is 0 Å². The number of hydrogen-bond donors (Lipinski definition) is 0. The summed E-state index contributed by atoms with van der Waals surface area (Å²) in [5.41, 5.74) is 4.79. The van der Waals surface area contributed by atoms with E-state index in [9.17, 15) is 0 Å². The van der Waals surface area contributed by atoms with Gasteiger partial charge >= 0.3 is 0 Å². The highest BCUT2D eigenvalue weighted by molar-refractivity contribution is 8.22. The summed E-state index contributed by atoms with van der Waals surface area (Å²) in [5, 5.41) is 0. The molecule has 0 aromatic heterocycles. The Hall–Kier alpha value is 0.145. The van der Waals surface area contributed by atoms with Crippen molar-refractivity contribution in [3.63, 3.8) is 0 Å². The zero-order valence-electron chi connectivity index (χ0n) is 15.2. The van der Waals surface area contributed by atoms with Crippen molar-refractivity contribution in [3.8, 4) is 0 Å². The minimum Gasteiger partial charge on any atom is -0.124 e. The third kappa shape index (κ3) is 5.08. The van der Waals surface area contributed by atoms with Gasteiger partial charge in [-0.1, -0.05) is 91.2 Å². The van der Waals surface area contributed by atoms with Gasteiger partial charge in [-0.05, 0) is 22.6 Å². The fourth-order valence-corrected chi connectivity index (χ4v) is 13.6. The van der Waals surface area contributed by atoms with Crippen LogP contribution in [0.1, 0.15) is 55.4 Å². The first-order chi connectivity index (χ1) is 9.77. The van der Waals surface area contributed by atoms with Gasteiger partial charge in [0.1, 0.15) is 0 Å². The average molecular weight is 322 g/mol. The van der Waals surface area contributed by atoms with Gasteiger partial charge in [-0.2, -0.15) is 0 Å². The second kappa shape index (κ2) is 8.69. The Labute approximate surface area is 136 Å². The maximum Gasteiger partial charge on any atom is 0.234 e.